The Balaban J connectivity index is 2.62. The van der Waals surface area contributed by atoms with Crippen LogP contribution in [0.25, 0.3) is 0 Å². The molecule has 0 saturated carbocycles. The zero-order chi connectivity index (χ0) is 9.68. The molecular weight excluding hydrogens is 189 g/mol. The summed E-state index contributed by atoms with van der Waals surface area (Å²) in [5.74, 6) is 2.11. The second kappa shape index (κ2) is 4.86. The van der Waals surface area contributed by atoms with Crippen LogP contribution in [-0.2, 0) is 6.54 Å². The van der Waals surface area contributed by atoms with Crippen molar-refractivity contribution in [3.05, 3.63) is 34.6 Å². The van der Waals surface area contributed by atoms with Crippen molar-refractivity contribution in [2.45, 2.75) is 6.54 Å². The molecule has 3 heteroatoms. The van der Waals surface area contributed by atoms with Crippen LogP contribution in [0.5, 0.6) is 0 Å². The molecule has 0 atom stereocenters. The van der Waals surface area contributed by atoms with E-state index in [1.54, 1.807) is 6.07 Å². The van der Waals surface area contributed by atoms with Gasteiger partial charge < -0.3 is 5.32 Å². The molecule has 68 valence electrons. The van der Waals surface area contributed by atoms with Crippen LogP contribution >= 0.6 is 11.6 Å². The second-order valence-corrected chi connectivity index (χ2v) is 2.95. The van der Waals surface area contributed by atoms with Gasteiger partial charge in [-0.25, -0.2) is 4.39 Å². The molecule has 0 aromatic heterocycles. The van der Waals surface area contributed by atoms with Gasteiger partial charge in [-0.05, 0) is 17.7 Å². The lowest BCUT2D eigenvalue weighted by atomic mass is 10.2. The molecule has 0 heterocycles. The lowest BCUT2D eigenvalue weighted by Gasteiger charge is -2.03. The van der Waals surface area contributed by atoms with Crippen LogP contribution in [0.15, 0.2) is 18.2 Å². The largest absolute Gasteiger partial charge is 0.302 e. The molecule has 1 N–H and O–H groups in total. The van der Waals surface area contributed by atoms with Crippen LogP contribution in [-0.4, -0.2) is 6.54 Å². The summed E-state index contributed by atoms with van der Waals surface area (Å²) in [4.78, 5) is 0. The molecule has 0 unspecified atom stereocenters. The summed E-state index contributed by atoms with van der Waals surface area (Å²) in [6, 6.07) is 4.30. The quantitative estimate of drug-likeness (QED) is 0.579. The van der Waals surface area contributed by atoms with Gasteiger partial charge in [0.15, 0.2) is 0 Å². The minimum atomic E-state index is -0.328. The molecule has 0 aliphatic carbocycles. The zero-order valence-corrected chi connectivity index (χ0v) is 7.74. The number of terminal acetylenes is 1. The van der Waals surface area contributed by atoms with Crippen molar-refractivity contribution in [2.75, 3.05) is 6.54 Å². The Hall–Kier alpha value is -1.04. The van der Waals surface area contributed by atoms with E-state index < -0.39 is 0 Å². The summed E-state index contributed by atoms with van der Waals surface area (Å²) in [6.45, 7) is 1.04. The first-order valence-electron chi connectivity index (χ1n) is 3.82. The third-order valence-electron chi connectivity index (χ3n) is 1.56. The molecular formula is C10H9ClFN. The maximum atomic E-state index is 12.6. The van der Waals surface area contributed by atoms with Crippen molar-refractivity contribution >= 4 is 11.6 Å². The number of hydrogen-bond acceptors (Lipinski definition) is 1. The van der Waals surface area contributed by atoms with E-state index in [1.807, 2.05) is 0 Å². The van der Waals surface area contributed by atoms with E-state index >= 15 is 0 Å². The molecule has 1 rings (SSSR count). The third-order valence-corrected chi connectivity index (χ3v) is 1.91. The third kappa shape index (κ3) is 3.06. The topological polar surface area (TPSA) is 12.0 Å². The molecule has 0 aliphatic rings. The van der Waals surface area contributed by atoms with Gasteiger partial charge in [0.1, 0.15) is 5.82 Å². The molecule has 0 saturated heterocycles. The summed E-state index contributed by atoms with van der Waals surface area (Å²) in [7, 11) is 0. The van der Waals surface area contributed by atoms with Gasteiger partial charge in [0.25, 0.3) is 0 Å². The van der Waals surface area contributed by atoms with E-state index in [4.69, 9.17) is 18.0 Å². The van der Waals surface area contributed by atoms with Gasteiger partial charge in [-0.15, -0.1) is 6.42 Å². The van der Waals surface area contributed by atoms with Crippen molar-refractivity contribution in [1.82, 2.24) is 5.32 Å². The SMILES string of the molecule is C#CCNCc1ccc(F)cc1Cl. The van der Waals surface area contributed by atoms with Crippen LogP contribution in [0.4, 0.5) is 4.39 Å². The number of halogens is 2. The Morgan fingerprint density at radius 3 is 2.92 bits per heavy atom. The summed E-state index contributed by atoms with van der Waals surface area (Å²) < 4.78 is 12.6. The first-order valence-corrected chi connectivity index (χ1v) is 4.20. The van der Waals surface area contributed by atoms with Crippen molar-refractivity contribution in [1.29, 1.82) is 0 Å². The Morgan fingerprint density at radius 2 is 2.31 bits per heavy atom. The van der Waals surface area contributed by atoms with Crippen molar-refractivity contribution < 1.29 is 4.39 Å². The molecule has 1 aromatic rings. The number of nitrogens with one attached hydrogen (secondary N) is 1. The van der Waals surface area contributed by atoms with Gasteiger partial charge >= 0.3 is 0 Å². The highest BCUT2D eigenvalue weighted by Crippen LogP contribution is 2.16. The minimum absolute atomic E-state index is 0.328. The Morgan fingerprint density at radius 1 is 1.54 bits per heavy atom. The fraction of sp³-hybridized carbons (Fsp3) is 0.200. The first kappa shape index (κ1) is 10.0. The fourth-order valence-corrected chi connectivity index (χ4v) is 1.17. The molecule has 0 amide bonds. The van der Waals surface area contributed by atoms with E-state index in [-0.39, 0.29) is 5.82 Å². The maximum Gasteiger partial charge on any atom is 0.124 e. The Kier molecular flexibility index (Phi) is 3.75. The monoisotopic (exact) mass is 197 g/mol. The van der Waals surface area contributed by atoms with E-state index in [1.165, 1.54) is 12.1 Å². The number of benzene rings is 1. The van der Waals surface area contributed by atoms with Gasteiger partial charge in [-0.2, -0.15) is 0 Å². The molecule has 0 bridgehead atoms. The van der Waals surface area contributed by atoms with Crippen molar-refractivity contribution in [3.63, 3.8) is 0 Å². The summed E-state index contributed by atoms with van der Waals surface area (Å²) in [5.41, 5.74) is 0.846. The number of hydrogen-bond donors (Lipinski definition) is 1. The summed E-state index contributed by atoms with van der Waals surface area (Å²) in [6.07, 6.45) is 5.05. The predicted molar refractivity (Wildman–Crippen MR) is 51.9 cm³/mol. The van der Waals surface area contributed by atoms with Gasteiger partial charge in [0.05, 0.1) is 6.54 Å². The van der Waals surface area contributed by atoms with Crippen LogP contribution in [0.3, 0.4) is 0 Å². The van der Waals surface area contributed by atoms with Gasteiger partial charge in [0, 0.05) is 11.6 Å². The van der Waals surface area contributed by atoms with Crippen LogP contribution in [0, 0.1) is 18.2 Å². The van der Waals surface area contributed by atoms with E-state index in [0.717, 1.165) is 5.56 Å². The molecule has 0 fully saturated rings. The summed E-state index contributed by atoms with van der Waals surface area (Å²) in [5, 5.41) is 3.39. The average Bonchev–Trinajstić information content (AvgIpc) is 2.09. The van der Waals surface area contributed by atoms with Crippen LogP contribution in [0.2, 0.25) is 5.02 Å². The van der Waals surface area contributed by atoms with Crippen molar-refractivity contribution in [2.24, 2.45) is 0 Å². The van der Waals surface area contributed by atoms with E-state index in [0.29, 0.717) is 18.1 Å². The Bertz CT molecular complexity index is 330. The predicted octanol–water partition coefficient (Wildman–Crippen LogP) is 2.20. The molecule has 0 spiro atoms. The highest BCUT2D eigenvalue weighted by molar-refractivity contribution is 6.31. The highest BCUT2D eigenvalue weighted by Gasteiger charge is 2.00. The molecule has 1 nitrogen and oxygen atoms in total. The standard InChI is InChI=1S/C10H9ClFN/c1-2-5-13-7-8-3-4-9(12)6-10(8)11/h1,3-4,6,13H,5,7H2. The smallest absolute Gasteiger partial charge is 0.124 e. The van der Waals surface area contributed by atoms with Gasteiger partial charge in [0.2, 0.25) is 0 Å². The fourth-order valence-electron chi connectivity index (χ4n) is 0.934. The lowest BCUT2D eigenvalue weighted by Crippen LogP contribution is -2.13. The molecule has 0 radical (unpaired) electrons. The zero-order valence-electron chi connectivity index (χ0n) is 6.98. The first-order chi connectivity index (χ1) is 6.24. The Labute approximate surface area is 81.9 Å². The van der Waals surface area contributed by atoms with Crippen LogP contribution in [0.1, 0.15) is 5.56 Å². The van der Waals surface area contributed by atoms with Gasteiger partial charge in [-0.1, -0.05) is 23.6 Å². The minimum Gasteiger partial charge on any atom is -0.302 e. The van der Waals surface area contributed by atoms with E-state index in [2.05, 4.69) is 11.2 Å². The maximum absolute atomic E-state index is 12.6. The highest BCUT2D eigenvalue weighted by atomic mass is 35.5. The molecule has 1 aromatic carbocycles. The second-order valence-electron chi connectivity index (χ2n) is 2.54. The molecule has 13 heavy (non-hydrogen) atoms. The number of rotatable bonds is 3. The summed E-state index contributed by atoms with van der Waals surface area (Å²) >= 11 is 5.78. The van der Waals surface area contributed by atoms with Gasteiger partial charge in [-0.3, -0.25) is 0 Å². The normalized spacial score (nSPS) is 9.62. The van der Waals surface area contributed by atoms with Crippen LogP contribution < -0.4 is 5.32 Å². The van der Waals surface area contributed by atoms with E-state index in [9.17, 15) is 4.39 Å². The lowest BCUT2D eigenvalue weighted by molar-refractivity contribution is 0.626. The van der Waals surface area contributed by atoms with Crippen molar-refractivity contribution in [3.8, 4) is 12.3 Å². The molecule has 0 aliphatic heterocycles. The average molecular weight is 198 g/mol.